The molecule has 0 N–H and O–H groups in total. The number of rotatable bonds is 6. The summed E-state index contributed by atoms with van der Waals surface area (Å²) in [5.41, 5.74) is 3.27. The molecule has 2 heterocycles. The van der Waals surface area contributed by atoms with Gasteiger partial charge in [0.15, 0.2) is 0 Å². The molecule has 0 aromatic heterocycles. The van der Waals surface area contributed by atoms with Gasteiger partial charge in [0.1, 0.15) is 6.54 Å². The van der Waals surface area contributed by atoms with Crippen molar-refractivity contribution in [3.63, 3.8) is 0 Å². The quantitative estimate of drug-likeness (QED) is 0.632. The Kier molecular flexibility index (Phi) is 6.91. The summed E-state index contributed by atoms with van der Waals surface area (Å²) < 4.78 is 0. The van der Waals surface area contributed by atoms with Crippen LogP contribution in [0.2, 0.25) is 0 Å². The van der Waals surface area contributed by atoms with E-state index in [0.717, 1.165) is 40.9 Å². The van der Waals surface area contributed by atoms with Gasteiger partial charge < -0.3 is 9.80 Å². The number of anilines is 1. The standard InChI is InChI=1S/C23H31N3O3S/c1-15(2)26(16(3)4)21(27)14-25-22(28)20(30-23(25)29)13-18-8-9-19(17(5)12-18)24-10-6-7-11-24/h8-9,12-13,15-16H,6-7,10-11,14H2,1-5H3/b20-13-. The summed E-state index contributed by atoms with van der Waals surface area (Å²) in [6.45, 7) is 11.7. The Labute approximate surface area is 183 Å². The molecule has 6 nitrogen and oxygen atoms in total. The van der Waals surface area contributed by atoms with Crippen LogP contribution in [0.1, 0.15) is 51.7 Å². The van der Waals surface area contributed by atoms with E-state index in [1.165, 1.54) is 18.5 Å². The number of carbonyl (C=O) groups excluding carboxylic acids is 3. The Morgan fingerprint density at radius 1 is 1.13 bits per heavy atom. The lowest BCUT2D eigenvalue weighted by molar-refractivity contribution is -0.138. The third-order valence-corrected chi connectivity index (χ3v) is 6.44. The Morgan fingerprint density at radius 3 is 2.33 bits per heavy atom. The maximum atomic E-state index is 12.8. The zero-order chi connectivity index (χ0) is 22.0. The minimum Gasteiger partial charge on any atom is -0.371 e. The second-order valence-electron chi connectivity index (χ2n) is 8.50. The smallest absolute Gasteiger partial charge is 0.294 e. The number of nitrogens with zero attached hydrogens (tertiary/aromatic N) is 3. The number of hydrogen-bond acceptors (Lipinski definition) is 5. The maximum Gasteiger partial charge on any atom is 0.294 e. The van der Waals surface area contributed by atoms with Gasteiger partial charge in [-0.1, -0.05) is 6.07 Å². The average Bonchev–Trinajstić information content (AvgIpc) is 3.26. The Bertz CT molecular complexity index is 864. The van der Waals surface area contributed by atoms with E-state index in [0.29, 0.717) is 4.91 Å². The summed E-state index contributed by atoms with van der Waals surface area (Å²) in [5.74, 6) is -0.610. The molecular weight excluding hydrogens is 398 g/mol. The zero-order valence-electron chi connectivity index (χ0n) is 18.5. The van der Waals surface area contributed by atoms with Crippen molar-refractivity contribution in [3.05, 3.63) is 34.2 Å². The largest absolute Gasteiger partial charge is 0.371 e. The van der Waals surface area contributed by atoms with Crippen molar-refractivity contribution >= 4 is 40.6 Å². The van der Waals surface area contributed by atoms with Crippen LogP contribution in [0.25, 0.3) is 6.08 Å². The van der Waals surface area contributed by atoms with Gasteiger partial charge in [0.25, 0.3) is 11.1 Å². The molecule has 0 radical (unpaired) electrons. The van der Waals surface area contributed by atoms with Crippen LogP contribution < -0.4 is 4.90 Å². The number of thioether (sulfide) groups is 1. The number of carbonyl (C=O) groups is 3. The van der Waals surface area contributed by atoms with Crippen LogP contribution in [0.4, 0.5) is 10.5 Å². The molecule has 0 aliphatic carbocycles. The first-order valence-corrected chi connectivity index (χ1v) is 11.4. The first kappa shape index (κ1) is 22.4. The molecule has 30 heavy (non-hydrogen) atoms. The average molecular weight is 430 g/mol. The van der Waals surface area contributed by atoms with Crippen LogP contribution in [0, 0.1) is 6.92 Å². The van der Waals surface area contributed by atoms with Crippen molar-refractivity contribution in [2.45, 2.75) is 59.5 Å². The molecule has 3 rings (SSSR count). The molecule has 1 aromatic rings. The lowest BCUT2D eigenvalue weighted by Crippen LogP contribution is -2.48. The second kappa shape index (κ2) is 9.25. The van der Waals surface area contributed by atoms with Gasteiger partial charge in [0, 0.05) is 30.9 Å². The van der Waals surface area contributed by atoms with Crippen molar-refractivity contribution < 1.29 is 14.4 Å². The Hall–Kier alpha value is -2.28. The Morgan fingerprint density at radius 2 is 1.77 bits per heavy atom. The van der Waals surface area contributed by atoms with Crippen LogP contribution in [0.5, 0.6) is 0 Å². The van der Waals surface area contributed by atoms with Crippen LogP contribution >= 0.6 is 11.8 Å². The highest BCUT2D eigenvalue weighted by molar-refractivity contribution is 8.18. The second-order valence-corrected chi connectivity index (χ2v) is 9.49. The molecule has 162 valence electrons. The third kappa shape index (κ3) is 4.72. The minimum atomic E-state index is -0.396. The van der Waals surface area contributed by atoms with Gasteiger partial charge in [0.2, 0.25) is 5.91 Å². The van der Waals surface area contributed by atoms with Gasteiger partial charge in [-0.05, 0) is 88.6 Å². The van der Waals surface area contributed by atoms with Gasteiger partial charge in [-0.2, -0.15) is 0 Å². The molecular formula is C23H31N3O3S. The lowest BCUT2D eigenvalue weighted by Gasteiger charge is -2.31. The van der Waals surface area contributed by atoms with Crippen LogP contribution in [0.3, 0.4) is 0 Å². The van der Waals surface area contributed by atoms with Crippen LogP contribution in [-0.2, 0) is 9.59 Å². The summed E-state index contributed by atoms with van der Waals surface area (Å²) >= 11 is 0.900. The first-order chi connectivity index (χ1) is 14.2. The SMILES string of the molecule is Cc1cc(/C=C2\SC(=O)N(CC(=O)N(C(C)C)C(C)C)C2=O)ccc1N1CCCC1. The summed E-state index contributed by atoms with van der Waals surface area (Å²) in [5, 5.41) is -0.391. The molecule has 0 spiro atoms. The number of benzene rings is 1. The number of imide groups is 1. The lowest BCUT2D eigenvalue weighted by atomic mass is 10.1. The predicted molar refractivity (Wildman–Crippen MR) is 122 cm³/mol. The van der Waals surface area contributed by atoms with E-state index in [4.69, 9.17) is 0 Å². The summed E-state index contributed by atoms with van der Waals surface area (Å²) in [6.07, 6.45) is 4.19. The molecule has 2 aliphatic rings. The van der Waals surface area contributed by atoms with E-state index < -0.39 is 11.1 Å². The zero-order valence-corrected chi connectivity index (χ0v) is 19.3. The highest BCUT2D eigenvalue weighted by atomic mass is 32.2. The normalized spacial score (nSPS) is 18.4. The highest BCUT2D eigenvalue weighted by Crippen LogP contribution is 2.33. The number of aryl methyl sites for hydroxylation is 1. The molecule has 2 aliphatic heterocycles. The van der Waals surface area contributed by atoms with Crippen molar-refractivity contribution in [1.29, 1.82) is 0 Å². The van der Waals surface area contributed by atoms with Crippen LogP contribution in [-0.4, -0.2) is 58.6 Å². The van der Waals surface area contributed by atoms with Gasteiger partial charge in [-0.25, -0.2) is 0 Å². The number of amides is 3. The molecule has 0 bridgehead atoms. The summed E-state index contributed by atoms with van der Waals surface area (Å²) in [7, 11) is 0. The van der Waals surface area contributed by atoms with Crippen molar-refractivity contribution in [2.75, 3.05) is 24.5 Å². The molecule has 1 aromatic carbocycles. The fraction of sp³-hybridized carbons (Fsp3) is 0.522. The van der Waals surface area contributed by atoms with Gasteiger partial charge in [-0.3, -0.25) is 19.3 Å². The van der Waals surface area contributed by atoms with E-state index in [1.807, 2.05) is 39.8 Å². The van der Waals surface area contributed by atoms with Crippen molar-refractivity contribution in [3.8, 4) is 0 Å². The number of hydrogen-bond donors (Lipinski definition) is 0. The van der Waals surface area contributed by atoms with Gasteiger partial charge >= 0.3 is 0 Å². The van der Waals surface area contributed by atoms with Crippen LogP contribution in [0.15, 0.2) is 23.1 Å². The summed E-state index contributed by atoms with van der Waals surface area (Å²) in [6, 6.07) is 6.13. The molecule has 0 atom stereocenters. The molecule has 7 heteroatoms. The predicted octanol–water partition coefficient (Wildman–Crippen LogP) is 4.28. The van der Waals surface area contributed by atoms with E-state index in [9.17, 15) is 14.4 Å². The topological polar surface area (TPSA) is 60.9 Å². The molecule has 2 fully saturated rings. The molecule has 0 saturated carbocycles. The molecule has 3 amide bonds. The van der Waals surface area contributed by atoms with E-state index in [2.05, 4.69) is 17.9 Å². The summed E-state index contributed by atoms with van der Waals surface area (Å²) in [4.78, 5) is 43.4. The monoisotopic (exact) mass is 429 g/mol. The van der Waals surface area contributed by atoms with Gasteiger partial charge in [-0.15, -0.1) is 0 Å². The first-order valence-electron chi connectivity index (χ1n) is 10.6. The third-order valence-electron chi connectivity index (χ3n) is 5.53. The maximum absolute atomic E-state index is 12.8. The van der Waals surface area contributed by atoms with Crippen molar-refractivity contribution in [2.24, 2.45) is 0 Å². The van der Waals surface area contributed by atoms with Gasteiger partial charge in [0.05, 0.1) is 4.91 Å². The van der Waals surface area contributed by atoms with E-state index in [1.54, 1.807) is 11.0 Å². The van der Waals surface area contributed by atoms with E-state index in [-0.39, 0.29) is 24.5 Å². The highest BCUT2D eigenvalue weighted by Gasteiger charge is 2.37. The van der Waals surface area contributed by atoms with E-state index >= 15 is 0 Å². The molecule has 0 unspecified atom stereocenters. The molecule has 2 saturated heterocycles. The van der Waals surface area contributed by atoms with Crippen molar-refractivity contribution in [1.82, 2.24) is 9.80 Å². The fourth-order valence-corrected chi connectivity index (χ4v) is 5.10. The minimum absolute atomic E-state index is 0.00469. The Balaban J connectivity index is 1.74. The fourth-order valence-electron chi connectivity index (χ4n) is 4.26.